The van der Waals surface area contributed by atoms with E-state index in [1.807, 2.05) is 18.2 Å². The van der Waals surface area contributed by atoms with Crippen LogP contribution in [0, 0.1) is 0 Å². The molecule has 128 valence electrons. The second-order valence-electron chi connectivity index (χ2n) is 5.00. The Balaban J connectivity index is 1.51. The minimum atomic E-state index is -0.499. The van der Waals surface area contributed by atoms with E-state index in [4.69, 9.17) is 16.1 Å². The zero-order valence-corrected chi connectivity index (χ0v) is 14.5. The van der Waals surface area contributed by atoms with Gasteiger partial charge in [-0.25, -0.2) is 9.97 Å². The quantitative estimate of drug-likeness (QED) is 0.573. The van der Waals surface area contributed by atoms with Gasteiger partial charge in [-0.05, 0) is 12.1 Å². The molecule has 0 atom stereocenters. The molecule has 0 radical (unpaired) electrons. The van der Waals surface area contributed by atoms with Crippen molar-refractivity contribution in [3.05, 3.63) is 59.6 Å². The maximum atomic E-state index is 12.3. The van der Waals surface area contributed by atoms with Gasteiger partial charge in [0, 0.05) is 24.0 Å². The van der Waals surface area contributed by atoms with Crippen LogP contribution in [0.4, 0.5) is 5.13 Å². The van der Waals surface area contributed by atoms with Crippen molar-refractivity contribution >= 4 is 34.0 Å². The van der Waals surface area contributed by atoms with Crippen LogP contribution >= 0.6 is 22.9 Å². The average Bonchev–Trinajstić information content (AvgIpc) is 3.33. The summed E-state index contributed by atoms with van der Waals surface area (Å²) in [5, 5.41) is 15.9. The largest absolute Gasteiger partial charge is 0.350 e. The Morgan fingerprint density at radius 2 is 1.92 bits per heavy atom. The van der Waals surface area contributed by atoms with Crippen molar-refractivity contribution in [2.24, 2.45) is 0 Å². The molecular weight excluding hydrogens is 376 g/mol. The maximum Gasteiger partial charge on any atom is 0.296 e. The Kier molecular flexibility index (Phi) is 4.38. The number of anilines is 1. The molecule has 0 saturated carbocycles. The number of amides is 1. The van der Waals surface area contributed by atoms with Crippen molar-refractivity contribution in [2.75, 3.05) is 5.32 Å². The number of hydrogen-bond donors (Lipinski definition) is 1. The van der Waals surface area contributed by atoms with Crippen LogP contribution in [0.3, 0.4) is 0 Å². The van der Waals surface area contributed by atoms with Crippen molar-refractivity contribution in [3.63, 3.8) is 0 Å². The van der Waals surface area contributed by atoms with Gasteiger partial charge >= 0.3 is 0 Å². The van der Waals surface area contributed by atoms with Crippen LogP contribution in [0.1, 0.15) is 10.6 Å². The second-order valence-corrected chi connectivity index (χ2v) is 6.38. The lowest BCUT2D eigenvalue weighted by Gasteiger charge is -1.97. The molecule has 3 heterocycles. The summed E-state index contributed by atoms with van der Waals surface area (Å²) in [5.41, 5.74) is 1.11. The number of hydrogen-bond acceptors (Lipinski definition) is 8. The third-order valence-corrected chi connectivity index (χ3v) is 4.48. The monoisotopic (exact) mass is 384 g/mol. The molecule has 10 heteroatoms. The Labute approximate surface area is 155 Å². The SMILES string of the molecule is O=C(Nc1nnc(-c2ccccc2Cl)s1)c1cc(-c2ncccn2)no1. The number of carbonyl (C=O) groups is 1. The average molecular weight is 385 g/mol. The Hall–Kier alpha value is -3.17. The molecule has 3 aromatic heterocycles. The van der Waals surface area contributed by atoms with Gasteiger partial charge < -0.3 is 4.52 Å². The Morgan fingerprint density at radius 3 is 2.73 bits per heavy atom. The summed E-state index contributed by atoms with van der Waals surface area (Å²) in [6, 6.07) is 10.4. The summed E-state index contributed by atoms with van der Waals surface area (Å²) in [4.78, 5) is 20.4. The molecule has 0 aliphatic rings. The highest BCUT2D eigenvalue weighted by Crippen LogP contribution is 2.31. The van der Waals surface area contributed by atoms with Crippen LogP contribution in [-0.4, -0.2) is 31.2 Å². The van der Waals surface area contributed by atoms with E-state index in [1.165, 1.54) is 17.4 Å². The van der Waals surface area contributed by atoms with Gasteiger partial charge in [-0.2, -0.15) is 0 Å². The van der Waals surface area contributed by atoms with Gasteiger partial charge in [0.15, 0.2) is 16.5 Å². The van der Waals surface area contributed by atoms with Gasteiger partial charge in [-0.15, -0.1) is 10.2 Å². The molecule has 0 fully saturated rings. The van der Waals surface area contributed by atoms with Gasteiger partial charge in [-0.3, -0.25) is 10.1 Å². The zero-order valence-electron chi connectivity index (χ0n) is 13.0. The highest BCUT2D eigenvalue weighted by atomic mass is 35.5. The molecule has 0 saturated heterocycles. The molecule has 1 N–H and O–H groups in total. The predicted octanol–water partition coefficient (Wildman–Crippen LogP) is 3.56. The normalized spacial score (nSPS) is 10.7. The van der Waals surface area contributed by atoms with E-state index in [0.717, 1.165) is 5.56 Å². The number of nitrogens with one attached hydrogen (secondary N) is 1. The highest BCUT2D eigenvalue weighted by Gasteiger charge is 2.18. The number of nitrogens with zero attached hydrogens (tertiary/aromatic N) is 5. The van der Waals surface area contributed by atoms with E-state index in [0.29, 0.717) is 26.7 Å². The van der Waals surface area contributed by atoms with Crippen LogP contribution in [-0.2, 0) is 0 Å². The first-order chi connectivity index (χ1) is 12.7. The first-order valence-corrected chi connectivity index (χ1v) is 8.54. The fourth-order valence-corrected chi connectivity index (χ4v) is 3.15. The molecule has 0 unspecified atom stereocenters. The molecule has 0 aliphatic carbocycles. The number of halogens is 1. The van der Waals surface area contributed by atoms with E-state index in [1.54, 1.807) is 24.5 Å². The van der Waals surface area contributed by atoms with Crippen LogP contribution in [0.5, 0.6) is 0 Å². The summed E-state index contributed by atoms with van der Waals surface area (Å²) in [6.45, 7) is 0. The molecule has 8 nitrogen and oxygen atoms in total. The minimum absolute atomic E-state index is 0.0157. The molecule has 0 aliphatic heterocycles. The standard InChI is InChI=1S/C16H9ClN6O2S/c17-10-5-2-1-4-9(10)15-21-22-16(26-15)20-14(24)12-8-11(23-25-12)13-18-6-3-7-19-13/h1-8H,(H,20,22,24). The predicted molar refractivity (Wildman–Crippen MR) is 95.8 cm³/mol. The highest BCUT2D eigenvalue weighted by molar-refractivity contribution is 7.18. The van der Waals surface area contributed by atoms with Crippen LogP contribution in [0.15, 0.2) is 53.3 Å². The van der Waals surface area contributed by atoms with Crippen molar-refractivity contribution in [1.82, 2.24) is 25.3 Å². The van der Waals surface area contributed by atoms with Crippen molar-refractivity contribution in [3.8, 4) is 22.1 Å². The fourth-order valence-electron chi connectivity index (χ4n) is 2.09. The van der Waals surface area contributed by atoms with Crippen LogP contribution < -0.4 is 5.32 Å². The van der Waals surface area contributed by atoms with Crippen molar-refractivity contribution in [1.29, 1.82) is 0 Å². The van der Waals surface area contributed by atoms with E-state index < -0.39 is 5.91 Å². The van der Waals surface area contributed by atoms with Crippen LogP contribution in [0.2, 0.25) is 5.02 Å². The van der Waals surface area contributed by atoms with E-state index in [-0.39, 0.29) is 5.76 Å². The van der Waals surface area contributed by atoms with Gasteiger partial charge in [-0.1, -0.05) is 46.3 Å². The molecule has 1 aromatic carbocycles. The fraction of sp³-hybridized carbons (Fsp3) is 0. The van der Waals surface area contributed by atoms with Crippen molar-refractivity contribution in [2.45, 2.75) is 0 Å². The molecule has 4 rings (SSSR count). The Morgan fingerprint density at radius 1 is 1.12 bits per heavy atom. The van der Waals surface area contributed by atoms with Gasteiger partial charge in [0.2, 0.25) is 10.9 Å². The summed E-state index contributed by atoms with van der Waals surface area (Å²) in [6.07, 6.45) is 3.16. The number of benzene rings is 1. The summed E-state index contributed by atoms with van der Waals surface area (Å²) >= 11 is 7.35. The lowest BCUT2D eigenvalue weighted by molar-refractivity contribution is 0.0988. The molecule has 4 aromatic rings. The van der Waals surface area contributed by atoms with Crippen molar-refractivity contribution < 1.29 is 9.32 Å². The van der Waals surface area contributed by atoms with Gasteiger partial charge in [0.25, 0.3) is 5.91 Å². The smallest absolute Gasteiger partial charge is 0.296 e. The van der Waals surface area contributed by atoms with E-state index >= 15 is 0 Å². The first-order valence-electron chi connectivity index (χ1n) is 7.34. The van der Waals surface area contributed by atoms with E-state index in [9.17, 15) is 4.79 Å². The number of aromatic nitrogens is 5. The third kappa shape index (κ3) is 3.30. The third-order valence-electron chi connectivity index (χ3n) is 3.28. The zero-order chi connectivity index (χ0) is 17.9. The summed E-state index contributed by atoms with van der Waals surface area (Å²) in [5.74, 6) is -0.115. The van der Waals surface area contributed by atoms with Gasteiger partial charge in [0.1, 0.15) is 0 Å². The molecular formula is C16H9ClN6O2S. The summed E-state index contributed by atoms with van der Waals surface area (Å²) in [7, 11) is 0. The topological polar surface area (TPSA) is 107 Å². The lowest BCUT2D eigenvalue weighted by Crippen LogP contribution is -2.10. The molecule has 1 amide bonds. The van der Waals surface area contributed by atoms with Gasteiger partial charge in [0.05, 0.1) is 5.02 Å². The minimum Gasteiger partial charge on any atom is -0.350 e. The number of rotatable bonds is 4. The second kappa shape index (κ2) is 6.98. The maximum absolute atomic E-state index is 12.3. The van der Waals surface area contributed by atoms with Crippen LogP contribution in [0.25, 0.3) is 22.1 Å². The Bertz CT molecular complexity index is 1070. The molecule has 0 spiro atoms. The first kappa shape index (κ1) is 16.3. The molecule has 26 heavy (non-hydrogen) atoms. The number of carbonyl (C=O) groups excluding carboxylic acids is 1. The molecule has 0 bridgehead atoms. The van der Waals surface area contributed by atoms with E-state index in [2.05, 4.69) is 30.6 Å². The summed E-state index contributed by atoms with van der Waals surface area (Å²) < 4.78 is 5.06. The lowest BCUT2D eigenvalue weighted by atomic mass is 10.2.